The Bertz CT molecular complexity index is 664. The number of rotatable bonds is 3. The number of amides is 1. The maximum absolute atomic E-state index is 12.9. The van der Waals surface area contributed by atoms with Gasteiger partial charge in [-0.25, -0.2) is 4.39 Å². The van der Waals surface area contributed by atoms with E-state index in [0.717, 1.165) is 12.8 Å². The maximum atomic E-state index is 12.9. The van der Waals surface area contributed by atoms with Crippen molar-refractivity contribution in [3.05, 3.63) is 59.8 Å². The number of benzene rings is 1. The standard InChI is InChI=1S/C17H16FNO3/c18-14-7-5-12(6-8-14)16(20)13-3-1-9-19(11-13)17(21)15-4-2-10-22-15/h2,4-8,10,13H,1,3,9,11H2. The minimum Gasteiger partial charge on any atom is -0.459 e. The molecular weight excluding hydrogens is 285 g/mol. The van der Waals surface area contributed by atoms with Crippen molar-refractivity contribution in [1.29, 1.82) is 0 Å². The fourth-order valence-electron chi connectivity index (χ4n) is 2.78. The van der Waals surface area contributed by atoms with Crippen LogP contribution in [-0.4, -0.2) is 29.7 Å². The predicted molar refractivity (Wildman–Crippen MR) is 78.1 cm³/mol. The van der Waals surface area contributed by atoms with Crippen LogP contribution in [-0.2, 0) is 0 Å². The van der Waals surface area contributed by atoms with Gasteiger partial charge in [0.2, 0.25) is 0 Å². The van der Waals surface area contributed by atoms with E-state index in [1.54, 1.807) is 17.0 Å². The topological polar surface area (TPSA) is 50.5 Å². The molecule has 0 N–H and O–H groups in total. The Morgan fingerprint density at radius 2 is 1.95 bits per heavy atom. The fourth-order valence-corrected chi connectivity index (χ4v) is 2.78. The van der Waals surface area contributed by atoms with Gasteiger partial charge in [-0.15, -0.1) is 0 Å². The molecule has 1 aromatic carbocycles. The highest BCUT2D eigenvalue weighted by molar-refractivity contribution is 5.99. The molecule has 1 unspecified atom stereocenters. The van der Waals surface area contributed by atoms with Crippen molar-refractivity contribution in [3.8, 4) is 0 Å². The van der Waals surface area contributed by atoms with Gasteiger partial charge < -0.3 is 9.32 Å². The third-order valence-corrected chi connectivity index (χ3v) is 3.94. The number of carbonyl (C=O) groups excluding carboxylic acids is 2. The van der Waals surface area contributed by atoms with Crippen molar-refractivity contribution in [2.75, 3.05) is 13.1 Å². The van der Waals surface area contributed by atoms with E-state index >= 15 is 0 Å². The van der Waals surface area contributed by atoms with Gasteiger partial charge in [0.25, 0.3) is 5.91 Å². The van der Waals surface area contributed by atoms with Gasteiger partial charge in [-0.2, -0.15) is 0 Å². The van der Waals surface area contributed by atoms with Gasteiger partial charge in [-0.05, 0) is 49.2 Å². The minimum atomic E-state index is -0.366. The van der Waals surface area contributed by atoms with E-state index in [0.29, 0.717) is 18.7 Å². The van der Waals surface area contributed by atoms with Crippen LogP contribution in [0.3, 0.4) is 0 Å². The second-order valence-corrected chi connectivity index (χ2v) is 5.44. The van der Waals surface area contributed by atoms with E-state index in [4.69, 9.17) is 4.42 Å². The first-order chi connectivity index (χ1) is 10.6. The Morgan fingerprint density at radius 1 is 1.18 bits per heavy atom. The zero-order valence-corrected chi connectivity index (χ0v) is 12.0. The number of hydrogen-bond donors (Lipinski definition) is 0. The molecule has 2 heterocycles. The van der Waals surface area contributed by atoms with E-state index in [1.807, 2.05) is 0 Å². The van der Waals surface area contributed by atoms with Crippen molar-refractivity contribution in [3.63, 3.8) is 0 Å². The van der Waals surface area contributed by atoms with Crippen LogP contribution in [0, 0.1) is 11.7 Å². The van der Waals surface area contributed by atoms with Crippen molar-refractivity contribution in [1.82, 2.24) is 4.90 Å². The van der Waals surface area contributed by atoms with Crippen molar-refractivity contribution >= 4 is 11.7 Å². The molecule has 4 nitrogen and oxygen atoms in total. The number of piperidine rings is 1. The van der Waals surface area contributed by atoms with Crippen LogP contribution >= 0.6 is 0 Å². The van der Waals surface area contributed by atoms with E-state index in [2.05, 4.69) is 0 Å². The number of nitrogens with zero attached hydrogens (tertiary/aromatic N) is 1. The third kappa shape index (κ3) is 2.93. The molecule has 5 heteroatoms. The van der Waals surface area contributed by atoms with Gasteiger partial charge in [0.1, 0.15) is 5.82 Å². The molecule has 1 saturated heterocycles. The molecule has 3 rings (SSSR count). The van der Waals surface area contributed by atoms with Crippen LogP contribution in [0.1, 0.15) is 33.8 Å². The van der Waals surface area contributed by atoms with Gasteiger partial charge >= 0.3 is 0 Å². The lowest BCUT2D eigenvalue weighted by Crippen LogP contribution is -2.42. The zero-order valence-electron chi connectivity index (χ0n) is 12.0. The SMILES string of the molecule is O=C(c1ccc(F)cc1)C1CCCN(C(=O)c2ccco2)C1. The third-order valence-electron chi connectivity index (χ3n) is 3.94. The highest BCUT2D eigenvalue weighted by Crippen LogP contribution is 2.22. The highest BCUT2D eigenvalue weighted by Gasteiger charge is 2.30. The van der Waals surface area contributed by atoms with Crippen molar-refractivity contribution < 1.29 is 18.4 Å². The fraction of sp³-hybridized carbons (Fsp3) is 0.294. The van der Waals surface area contributed by atoms with Gasteiger partial charge in [0, 0.05) is 24.6 Å². The molecular formula is C17H16FNO3. The number of carbonyl (C=O) groups is 2. The summed E-state index contributed by atoms with van der Waals surface area (Å²) >= 11 is 0. The quantitative estimate of drug-likeness (QED) is 0.818. The summed E-state index contributed by atoms with van der Waals surface area (Å²) in [5, 5.41) is 0. The largest absolute Gasteiger partial charge is 0.459 e. The average molecular weight is 301 g/mol. The van der Waals surface area contributed by atoms with Gasteiger partial charge in [0.15, 0.2) is 11.5 Å². The monoisotopic (exact) mass is 301 g/mol. The lowest BCUT2D eigenvalue weighted by Gasteiger charge is -2.31. The smallest absolute Gasteiger partial charge is 0.289 e. The van der Waals surface area contributed by atoms with E-state index in [9.17, 15) is 14.0 Å². The van der Waals surface area contributed by atoms with Gasteiger partial charge in [0.05, 0.1) is 6.26 Å². The van der Waals surface area contributed by atoms with Crippen LogP contribution < -0.4 is 0 Å². The first-order valence-electron chi connectivity index (χ1n) is 7.27. The molecule has 22 heavy (non-hydrogen) atoms. The lowest BCUT2D eigenvalue weighted by atomic mass is 9.90. The van der Waals surface area contributed by atoms with Crippen LogP contribution in [0.5, 0.6) is 0 Å². The van der Waals surface area contributed by atoms with E-state index in [1.165, 1.54) is 30.5 Å². The molecule has 114 valence electrons. The normalized spacial score (nSPS) is 18.2. The summed E-state index contributed by atoms with van der Waals surface area (Å²) in [6.45, 7) is 0.989. The summed E-state index contributed by atoms with van der Waals surface area (Å²) in [4.78, 5) is 26.4. The summed E-state index contributed by atoms with van der Waals surface area (Å²) in [7, 11) is 0. The molecule has 1 aliphatic heterocycles. The molecule has 0 radical (unpaired) electrons. The number of hydrogen-bond acceptors (Lipinski definition) is 3. The number of ketones is 1. The average Bonchev–Trinajstić information content (AvgIpc) is 3.09. The van der Waals surface area contributed by atoms with Crippen LogP contribution in [0.25, 0.3) is 0 Å². The van der Waals surface area contributed by atoms with Crippen LogP contribution in [0.15, 0.2) is 47.1 Å². The van der Waals surface area contributed by atoms with Gasteiger partial charge in [-0.3, -0.25) is 9.59 Å². The maximum Gasteiger partial charge on any atom is 0.289 e. The highest BCUT2D eigenvalue weighted by atomic mass is 19.1. The first kappa shape index (κ1) is 14.5. The number of Topliss-reactive ketones (excluding diaryl/α,β-unsaturated/α-hetero) is 1. The van der Waals surface area contributed by atoms with Crippen LogP contribution in [0.2, 0.25) is 0 Å². The zero-order chi connectivity index (χ0) is 15.5. The molecule has 1 atom stereocenters. The Balaban J connectivity index is 1.71. The molecule has 0 saturated carbocycles. The molecule has 0 spiro atoms. The molecule has 0 bridgehead atoms. The summed E-state index contributed by atoms with van der Waals surface area (Å²) in [6, 6.07) is 8.83. The van der Waals surface area contributed by atoms with Crippen molar-refractivity contribution in [2.24, 2.45) is 5.92 Å². The molecule has 1 amide bonds. The molecule has 1 fully saturated rings. The Kier molecular flexibility index (Phi) is 4.04. The van der Waals surface area contributed by atoms with E-state index < -0.39 is 0 Å². The Hall–Kier alpha value is -2.43. The lowest BCUT2D eigenvalue weighted by molar-refractivity contribution is 0.0610. The summed E-state index contributed by atoms with van der Waals surface area (Å²) in [5.41, 5.74) is 0.485. The first-order valence-corrected chi connectivity index (χ1v) is 7.27. The summed E-state index contributed by atoms with van der Waals surface area (Å²) in [6.07, 6.45) is 2.96. The Morgan fingerprint density at radius 3 is 2.64 bits per heavy atom. The van der Waals surface area contributed by atoms with Crippen molar-refractivity contribution in [2.45, 2.75) is 12.8 Å². The second kappa shape index (κ2) is 6.13. The number of furan rings is 1. The number of halogens is 1. The molecule has 1 aromatic heterocycles. The molecule has 0 aliphatic carbocycles. The summed E-state index contributed by atoms with van der Waals surface area (Å²) < 4.78 is 18.1. The molecule has 1 aliphatic rings. The minimum absolute atomic E-state index is 0.0445. The predicted octanol–water partition coefficient (Wildman–Crippen LogP) is 3.15. The molecule has 2 aromatic rings. The Labute approximate surface area is 127 Å². The van der Waals surface area contributed by atoms with E-state index in [-0.39, 0.29) is 29.2 Å². The van der Waals surface area contributed by atoms with Crippen LogP contribution in [0.4, 0.5) is 4.39 Å². The van der Waals surface area contributed by atoms with Gasteiger partial charge in [-0.1, -0.05) is 0 Å². The number of likely N-dealkylation sites (tertiary alicyclic amines) is 1. The summed E-state index contributed by atoms with van der Waals surface area (Å²) in [5.74, 6) is -0.568. The second-order valence-electron chi connectivity index (χ2n) is 5.44.